The molecule has 1 unspecified atom stereocenters. The summed E-state index contributed by atoms with van der Waals surface area (Å²) in [6.45, 7) is 3.82. The van der Waals surface area contributed by atoms with E-state index < -0.39 is 12.0 Å². The molecular formula is C14H16BrClN2O3. The summed E-state index contributed by atoms with van der Waals surface area (Å²) in [4.78, 5) is 27.0. The molecule has 1 N–H and O–H groups in total. The highest BCUT2D eigenvalue weighted by molar-refractivity contribution is 9.10. The summed E-state index contributed by atoms with van der Waals surface area (Å²) in [7, 11) is 0. The molecule has 1 aliphatic rings. The number of benzene rings is 1. The van der Waals surface area contributed by atoms with E-state index in [2.05, 4.69) is 15.9 Å². The van der Waals surface area contributed by atoms with Crippen LogP contribution in [0.15, 0.2) is 22.7 Å². The molecule has 1 aromatic rings. The van der Waals surface area contributed by atoms with E-state index >= 15 is 0 Å². The zero-order valence-electron chi connectivity index (χ0n) is 11.6. The standard InChI is InChI=1S/C14H16BrClN2O3/c1-9(14(20)21)17-4-6-18(7-5-17)13(19)11-3-2-10(16)8-12(11)15/h2-3,8-9H,4-7H2,1H3,(H,20,21). The van der Waals surface area contributed by atoms with Gasteiger partial charge in [-0.2, -0.15) is 0 Å². The van der Waals surface area contributed by atoms with Crippen molar-refractivity contribution < 1.29 is 14.7 Å². The highest BCUT2D eigenvalue weighted by Gasteiger charge is 2.28. The largest absolute Gasteiger partial charge is 0.480 e. The number of carbonyl (C=O) groups excluding carboxylic acids is 1. The quantitative estimate of drug-likeness (QED) is 0.881. The molecule has 1 heterocycles. The van der Waals surface area contributed by atoms with Gasteiger partial charge in [0.2, 0.25) is 0 Å². The van der Waals surface area contributed by atoms with Crippen LogP contribution < -0.4 is 0 Å². The van der Waals surface area contributed by atoms with E-state index in [1.807, 2.05) is 4.90 Å². The highest BCUT2D eigenvalue weighted by atomic mass is 79.9. The van der Waals surface area contributed by atoms with Crippen molar-refractivity contribution in [2.45, 2.75) is 13.0 Å². The minimum atomic E-state index is -0.838. The van der Waals surface area contributed by atoms with Gasteiger partial charge in [-0.1, -0.05) is 11.6 Å². The summed E-state index contributed by atoms with van der Waals surface area (Å²) in [5.74, 6) is -0.906. The maximum absolute atomic E-state index is 12.5. The molecule has 2 rings (SSSR count). The number of halogens is 2. The Bertz CT molecular complexity index is 559. The fourth-order valence-electron chi connectivity index (χ4n) is 2.30. The molecule has 0 aliphatic carbocycles. The van der Waals surface area contributed by atoms with E-state index in [0.717, 1.165) is 0 Å². The lowest BCUT2D eigenvalue weighted by Crippen LogP contribution is -2.53. The van der Waals surface area contributed by atoms with Crippen molar-refractivity contribution in [3.8, 4) is 0 Å². The van der Waals surface area contributed by atoms with Gasteiger partial charge in [0, 0.05) is 35.7 Å². The van der Waals surface area contributed by atoms with Crippen molar-refractivity contribution in [3.63, 3.8) is 0 Å². The minimum absolute atomic E-state index is 0.0684. The minimum Gasteiger partial charge on any atom is -0.480 e. The SMILES string of the molecule is CC(C(=O)O)N1CCN(C(=O)c2ccc(Cl)cc2Br)CC1. The van der Waals surface area contributed by atoms with E-state index in [4.69, 9.17) is 16.7 Å². The molecule has 1 fully saturated rings. The fourth-order valence-corrected chi connectivity index (χ4v) is 3.15. The fraction of sp³-hybridized carbons (Fsp3) is 0.429. The normalized spacial score (nSPS) is 17.6. The lowest BCUT2D eigenvalue weighted by Gasteiger charge is -2.36. The Hall–Kier alpha value is -1.11. The van der Waals surface area contributed by atoms with Crippen LogP contribution in [0.2, 0.25) is 5.02 Å². The van der Waals surface area contributed by atoms with Crippen LogP contribution in [0, 0.1) is 0 Å². The summed E-state index contributed by atoms with van der Waals surface area (Å²) >= 11 is 9.22. The van der Waals surface area contributed by atoms with Gasteiger partial charge < -0.3 is 10.0 Å². The number of aliphatic carboxylic acids is 1. The number of amides is 1. The number of carboxylic acid groups (broad SMARTS) is 1. The number of piperazine rings is 1. The van der Waals surface area contributed by atoms with Gasteiger partial charge in [-0.05, 0) is 41.1 Å². The van der Waals surface area contributed by atoms with Gasteiger partial charge in [-0.25, -0.2) is 0 Å². The molecule has 1 aliphatic heterocycles. The first-order valence-corrected chi connectivity index (χ1v) is 7.78. The third-order valence-electron chi connectivity index (χ3n) is 3.67. The van der Waals surface area contributed by atoms with Crippen LogP contribution in [0.1, 0.15) is 17.3 Å². The van der Waals surface area contributed by atoms with Crippen LogP contribution in [0.4, 0.5) is 0 Å². The predicted molar refractivity (Wildman–Crippen MR) is 83.7 cm³/mol. The van der Waals surface area contributed by atoms with E-state index in [1.54, 1.807) is 30.0 Å². The summed E-state index contributed by atoms with van der Waals surface area (Å²) in [6, 6.07) is 4.55. The lowest BCUT2D eigenvalue weighted by atomic mass is 10.1. The molecule has 0 saturated carbocycles. The van der Waals surface area contributed by atoms with Crippen molar-refractivity contribution in [1.29, 1.82) is 0 Å². The van der Waals surface area contributed by atoms with Crippen LogP contribution in [0.5, 0.6) is 0 Å². The van der Waals surface area contributed by atoms with E-state index in [0.29, 0.717) is 41.2 Å². The van der Waals surface area contributed by atoms with Crippen LogP contribution >= 0.6 is 27.5 Å². The van der Waals surface area contributed by atoms with Crippen molar-refractivity contribution >= 4 is 39.4 Å². The van der Waals surface area contributed by atoms with Gasteiger partial charge in [-0.3, -0.25) is 14.5 Å². The Kier molecular flexibility index (Phi) is 5.24. The zero-order valence-corrected chi connectivity index (χ0v) is 13.9. The number of carboxylic acids is 1. The maximum atomic E-state index is 12.5. The third-order valence-corrected chi connectivity index (χ3v) is 4.56. The third kappa shape index (κ3) is 3.75. The Morgan fingerprint density at radius 1 is 1.29 bits per heavy atom. The Labute approximate surface area is 136 Å². The molecular weight excluding hydrogens is 360 g/mol. The second-order valence-corrected chi connectivity index (χ2v) is 6.26. The number of rotatable bonds is 3. The van der Waals surface area contributed by atoms with E-state index in [-0.39, 0.29) is 5.91 Å². The first-order chi connectivity index (χ1) is 9.90. The second-order valence-electron chi connectivity index (χ2n) is 4.97. The molecule has 1 aromatic carbocycles. The van der Waals surface area contributed by atoms with Gasteiger partial charge in [0.25, 0.3) is 5.91 Å². The summed E-state index contributed by atoms with van der Waals surface area (Å²) in [6.07, 6.45) is 0. The smallest absolute Gasteiger partial charge is 0.320 e. The van der Waals surface area contributed by atoms with Crippen molar-refractivity contribution in [2.75, 3.05) is 26.2 Å². The first kappa shape index (κ1) is 16.3. The molecule has 0 aromatic heterocycles. The summed E-state index contributed by atoms with van der Waals surface area (Å²) in [5, 5.41) is 9.58. The lowest BCUT2D eigenvalue weighted by molar-refractivity contribution is -0.143. The molecule has 5 nitrogen and oxygen atoms in total. The maximum Gasteiger partial charge on any atom is 0.320 e. The number of carbonyl (C=O) groups is 2. The Balaban J connectivity index is 2.02. The van der Waals surface area contributed by atoms with Gasteiger partial charge in [0.1, 0.15) is 6.04 Å². The van der Waals surface area contributed by atoms with Gasteiger partial charge in [-0.15, -0.1) is 0 Å². The monoisotopic (exact) mass is 374 g/mol. The Morgan fingerprint density at radius 2 is 1.90 bits per heavy atom. The van der Waals surface area contributed by atoms with Crippen molar-refractivity contribution in [2.24, 2.45) is 0 Å². The molecule has 0 spiro atoms. The highest BCUT2D eigenvalue weighted by Crippen LogP contribution is 2.23. The first-order valence-electron chi connectivity index (χ1n) is 6.61. The molecule has 1 amide bonds. The molecule has 114 valence electrons. The average molecular weight is 376 g/mol. The molecule has 1 saturated heterocycles. The molecule has 21 heavy (non-hydrogen) atoms. The number of hydrogen-bond acceptors (Lipinski definition) is 3. The van der Waals surface area contributed by atoms with Crippen LogP contribution in [0.3, 0.4) is 0 Å². The molecule has 7 heteroatoms. The van der Waals surface area contributed by atoms with Crippen molar-refractivity contribution in [3.05, 3.63) is 33.3 Å². The van der Waals surface area contributed by atoms with Gasteiger partial charge in [0.05, 0.1) is 5.56 Å². The van der Waals surface area contributed by atoms with Gasteiger partial charge >= 0.3 is 5.97 Å². The predicted octanol–water partition coefficient (Wildman–Crippen LogP) is 2.33. The molecule has 1 atom stereocenters. The van der Waals surface area contributed by atoms with Crippen LogP contribution in [0.25, 0.3) is 0 Å². The second kappa shape index (κ2) is 6.77. The van der Waals surface area contributed by atoms with Crippen LogP contribution in [-0.4, -0.2) is 59.0 Å². The summed E-state index contributed by atoms with van der Waals surface area (Å²) in [5.41, 5.74) is 0.569. The van der Waals surface area contributed by atoms with Gasteiger partial charge in [0.15, 0.2) is 0 Å². The molecule has 0 bridgehead atoms. The number of nitrogens with zero attached hydrogens (tertiary/aromatic N) is 2. The zero-order chi connectivity index (χ0) is 15.6. The average Bonchev–Trinajstić information content (AvgIpc) is 2.46. The Morgan fingerprint density at radius 3 is 2.43 bits per heavy atom. The van der Waals surface area contributed by atoms with Crippen molar-refractivity contribution in [1.82, 2.24) is 9.80 Å². The summed E-state index contributed by atoms with van der Waals surface area (Å²) < 4.78 is 0.668. The van der Waals surface area contributed by atoms with E-state index in [1.165, 1.54) is 0 Å². The molecule has 0 radical (unpaired) electrons. The van der Waals surface area contributed by atoms with Crippen LogP contribution in [-0.2, 0) is 4.79 Å². The topological polar surface area (TPSA) is 60.9 Å². The van der Waals surface area contributed by atoms with E-state index in [9.17, 15) is 9.59 Å². The number of hydrogen-bond donors (Lipinski definition) is 1.